The van der Waals surface area contributed by atoms with Gasteiger partial charge in [0.2, 0.25) is 0 Å². The first-order valence-corrected chi connectivity index (χ1v) is 8.57. The number of carbonyl (C=O) groups excluding carboxylic acids is 1. The number of ether oxygens (including phenoxy) is 1. The fourth-order valence-electron chi connectivity index (χ4n) is 3.18. The Kier molecular flexibility index (Phi) is 5.20. The molecule has 8 nitrogen and oxygen atoms in total. The van der Waals surface area contributed by atoms with Gasteiger partial charge >= 0.3 is 6.09 Å². The Bertz CT molecular complexity index is 809. The predicted octanol–water partition coefficient (Wildman–Crippen LogP) is 3.11. The monoisotopic (exact) mass is 357 g/mol. The highest BCUT2D eigenvalue weighted by molar-refractivity contribution is 6.02. The molecule has 1 saturated heterocycles. The molecule has 2 heterocycles. The van der Waals surface area contributed by atoms with Gasteiger partial charge in [-0.15, -0.1) is 0 Å². The molecule has 8 heteroatoms. The van der Waals surface area contributed by atoms with Crippen molar-refractivity contribution in [2.45, 2.75) is 25.7 Å². The Labute approximate surface area is 152 Å². The molecule has 0 saturated carbocycles. The van der Waals surface area contributed by atoms with E-state index in [4.69, 9.17) is 14.7 Å². The number of piperidine rings is 1. The van der Waals surface area contributed by atoms with Crippen molar-refractivity contribution < 1.29 is 14.1 Å². The Morgan fingerprint density at radius 1 is 1.38 bits per heavy atom. The third kappa shape index (κ3) is 3.54. The van der Waals surface area contributed by atoms with Crippen LogP contribution in [-0.2, 0) is 4.74 Å². The molecule has 2 aromatic rings. The molecule has 3 rings (SSSR count). The molecule has 26 heavy (non-hydrogen) atoms. The van der Waals surface area contributed by atoms with Crippen LogP contribution in [0.5, 0.6) is 0 Å². The van der Waals surface area contributed by atoms with Crippen molar-refractivity contribution in [2.24, 2.45) is 0 Å². The number of nitrogens with zero attached hydrogens (tertiary/aromatic N) is 3. The zero-order chi connectivity index (χ0) is 18.7. The summed E-state index contributed by atoms with van der Waals surface area (Å²) in [6.07, 6.45) is 1.27. The van der Waals surface area contributed by atoms with E-state index < -0.39 is 0 Å². The number of nitrogens with one attached hydrogen (secondary N) is 2. The lowest BCUT2D eigenvalue weighted by atomic mass is 9.96. The molecule has 2 N–H and O–H groups in total. The topological polar surface area (TPSA) is 104 Å². The van der Waals surface area contributed by atoms with Crippen LogP contribution >= 0.6 is 0 Å². The summed E-state index contributed by atoms with van der Waals surface area (Å²) in [5.74, 6) is 1.30. The van der Waals surface area contributed by atoms with Crippen molar-refractivity contribution in [3.8, 4) is 11.5 Å². The normalized spacial score (nSPS) is 15.0. The van der Waals surface area contributed by atoms with Gasteiger partial charge in [-0.3, -0.25) is 0 Å². The Morgan fingerprint density at radius 2 is 2.12 bits per heavy atom. The van der Waals surface area contributed by atoms with Crippen LogP contribution in [0.25, 0.3) is 11.5 Å². The first-order chi connectivity index (χ1) is 12.5. The minimum Gasteiger partial charge on any atom is -0.453 e. The van der Waals surface area contributed by atoms with Crippen LogP contribution in [0.2, 0.25) is 0 Å². The number of anilines is 1. The molecular formula is C18H23N5O3. The molecule has 1 fully saturated rings. The molecule has 0 unspecified atom stereocenters. The van der Waals surface area contributed by atoms with Crippen molar-refractivity contribution in [2.75, 3.05) is 32.6 Å². The lowest BCUT2D eigenvalue weighted by molar-refractivity contribution is 0.111. The summed E-state index contributed by atoms with van der Waals surface area (Å²) in [4.78, 5) is 17.8. The minimum atomic E-state index is -0.293. The van der Waals surface area contributed by atoms with Crippen molar-refractivity contribution in [3.05, 3.63) is 29.6 Å². The molecule has 138 valence electrons. The third-order valence-corrected chi connectivity index (χ3v) is 4.67. The number of amides is 1. The van der Waals surface area contributed by atoms with E-state index in [1.54, 1.807) is 11.8 Å². The average Bonchev–Trinajstić information content (AvgIpc) is 3.17. The van der Waals surface area contributed by atoms with Gasteiger partial charge in [-0.25, -0.2) is 4.79 Å². The van der Waals surface area contributed by atoms with Gasteiger partial charge in [0.15, 0.2) is 5.82 Å². The molecule has 0 aliphatic carbocycles. The summed E-state index contributed by atoms with van der Waals surface area (Å²) in [5, 5.41) is 15.1. The number of hydrogen-bond donors (Lipinski definition) is 2. The van der Waals surface area contributed by atoms with Gasteiger partial charge < -0.3 is 24.9 Å². The van der Waals surface area contributed by atoms with Crippen LogP contribution in [0.1, 0.15) is 37.1 Å². The quantitative estimate of drug-likeness (QED) is 0.815. The standard InChI is InChI=1S/C18H23N5O3/c1-11(19)14-5-4-13(10-15(14)20-2)17-21-16(22-26-17)12-6-8-23(9-7-12)18(24)25-3/h4-5,10,12,19-20H,6-9H2,1-3H3. The first-order valence-electron chi connectivity index (χ1n) is 8.57. The minimum absolute atomic E-state index is 0.167. The molecule has 0 radical (unpaired) electrons. The Morgan fingerprint density at radius 3 is 2.73 bits per heavy atom. The molecule has 1 aliphatic heterocycles. The van der Waals surface area contributed by atoms with E-state index in [2.05, 4.69) is 15.5 Å². The molecule has 1 aliphatic rings. The molecule has 0 spiro atoms. The van der Waals surface area contributed by atoms with Crippen LogP contribution in [0, 0.1) is 5.41 Å². The van der Waals surface area contributed by atoms with Crippen molar-refractivity contribution >= 4 is 17.5 Å². The number of rotatable bonds is 4. The number of aromatic nitrogens is 2. The maximum Gasteiger partial charge on any atom is 0.409 e. The molecule has 0 atom stereocenters. The lowest BCUT2D eigenvalue weighted by Gasteiger charge is -2.29. The highest BCUT2D eigenvalue weighted by Crippen LogP contribution is 2.30. The number of likely N-dealkylation sites (tertiary alicyclic amines) is 1. The van der Waals surface area contributed by atoms with Crippen LogP contribution in [0.3, 0.4) is 0 Å². The summed E-state index contributed by atoms with van der Waals surface area (Å²) < 4.78 is 10.2. The van der Waals surface area contributed by atoms with E-state index >= 15 is 0 Å². The summed E-state index contributed by atoms with van der Waals surface area (Å²) in [7, 11) is 3.21. The second-order valence-corrected chi connectivity index (χ2v) is 6.32. The van der Waals surface area contributed by atoms with E-state index in [9.17, 15) is 4.79 Å². The summed E-state index contributed by atoms with van der Waals surface area (Å²) in [6, 6.07) is 5.66. The number of hydrogen-bond acceptors (Lipinski definition) is 7. The van der Waals surface area contributed by atoms with Gasteiger partial charge in [0.25, 0.3) is 5.89 Å². The zero-order valence-corrected chi connectivity index (χ0v) is 15.2. The van der Waals surface area contributed by atoms with Gasteiger partial charge in [-0.2, -0.15) is 4.98 Å². The molecule has 1 amide bonds. The van der Waals surface area contributed by atoms with Crippen LogP contribution in [0.4, 0.5) is 10.5 Å². The Balaban J connectivity index is 1.74. The highest BCUT2D eigenvalue weighted by Gasteiger charge is 2.27. The maximum atomic E-state index is 11.6. The van der Waals surface area contributed by atoms with E-state index in [0.717, 1.165) is 29.7 Å². The SMILES string of the molecule is CNc1cc(-c2nc(C3CCN(C(=O)OC)CC3)no2)ccc1C(C)=N. The fraction of sp³-hybridized carbons (Fsp3) is 0.444. The summed E-state index contributed by atoms with van der Waals surface area (Å²) in [5.41, 5.74) is 2.99. The number of carbonyl (C=O) groups is 1. The van der Waals surface area contributed by atoms with Gasteiger partial charge in [0, 0.05) is 48.6 Å². The van der Waals surface area contributed by atoms with Crippen molar-refractivity contribution in [1.82, 2.24) is 15.0 Å². The van der Waals surface area contributed by atoms with Gasteiger partial charge in [-0.1, -0.05) is 11.2 Å². The Hall–Kier alpha value is -2.90. The average molecular weight is 357 g/mol. The number of benzene rings is 1. The van der Waals surface area contributed by atoms with E-state index in [1.165, 1.54) is 7.11 Å². The third-order valence-electron chi connectivity index (χ3n) is 4.67. The smallest absolute Gasteiger partial charge is 0.409 e. The molecule has 0 bridgehead atoms. The largest absolute Gasteiger partial charge is 0.453 e. The summed E-state index contributed by atoms with van der Waals surface area (Å²) in [6.45, 7) is 3.00. The predicted molar refractivity (Wildman–Crippen MR) is 97.7 cm³/mol. The number of methoxy groups -OCH3 is 1. The fourth-order valence-corrected chi connectivity index (χ4v) is 3.18. The van der Waals surface area contributed by atoms with Crippen molar-refractivity contribution in [3.63, 3.8) is 0 Å². The molecular weight excluding hydrogens is 334 g/mol. The highest BCUT2D eigenvalue weighted by atomic mass is 16.5. The van der Waals surface area contributed by atoms with Gasteiger partial charge in [0.05, 0.1) is 7.11 Å². The lowest BCUT2D eigenvalue weighted by Crippen LogP contribution is -2.37. The van der Waals surface area contributed by atoms with Gasteiger partial charge in [0.1, 0.15) is 0 Å². The van der Waals surface area contributed by atoms with E-state index in [-0.39, 0.29) is 12.0 Å². The summed E-state index contributed by atoms with van der Waals surface area (Å²) >= 11 is 0. The van der Waals surface area contributed by atoms with Gasteiger partial charge in [-0.05, 0) is 31.9 Å². The second-order valence-electron chi connectivity index (χ2n) is 6.32. The van der Waals surface area contributed by atoms with Crippen molar-refractivity contribution in [1.29, 1.82) is 5.41 Å². The molecule has 1 aromatic carbocycles. The van der Waals surface area contributed by atoms with E-state index in [1.807, 2.05) is 25.2 Å². The van der Waals surface area contributed by atoms with E-state index in [0.29, 0.717) is 30.5 Å². The second kappa shape index (κ2) is 7.55. The van der Waals surface area contributed by atoms with Crippen LogP contribution < -0.4 is 5.32 Å². The van der Waals surface area contributed by atoms with Crippen LogP contribution in [-0.4, -0.2) is 54.1 Å². The molecule has 1 aromatic heterocycles. The van der Waals surface area contributed by atoms with Crippen LogP contribution in [0.15, 0.2) is 22.7 Å². The maximum absolute atomic E-state index is 11.6. The first kappa shape index (κ1) is 17.9. The zero-order valence-electron chi connectivity index (χ0n) is 15.2.